The molecule has 116 valence electrons. The van der Waals surface area contributed by atoms with Crippen molar-refractivity contribution in [3.8, 4) is 5.75 Å². The summed E-state index contributed by atoms with van der Waals surface area (Å²) in [6.07, 6.45) is 0. The van der Waals surface area contributed by atoms with Crippen molar-refractivity contribution in [1.29, 1.82) is 0 Å². The van der Waals surface area contributed by atoms with Crippen molar-refractivity contribution in [2.75, 3.05) is 18.2 Å². The molecule has 0 fully saturated rings. The Balaban J connectivity index is 2.68. The second-order valence-corrected chi connectivity index (χ2v) is 6.37. The molecule has 2 atom stereocenters. The van der Waals surface area contributed by atoms with Crippen LogP contribution in [0.25, 0.3) is 0 Å². The fraction of sp³-hybridized carbons (Fsp3) is 0.429. The number of benzene rings is 1. The number of nitrogens with one attached hydrogen (secondary N) is 1. The fourth-order valence-electron chi connectivity index (χ4n) is 1.82. The van der Waals surface area contributed by atoms with E-state index in [4.69, 9.17) is 9.84 Å². The predicted molar refractivity (Wildman–Crippen MR) is 80.9 cm³/mol. The minimum atomic E-state index is -1.77. The molecule has 0 aromatic heterocycles. The summed E-state index contributed by atoms with van der Waals surface area (Å²) in [4.78, 5) is 22.9. The lowest BCUT2D eigenvalue weighted by Crippen LogP contribution is -2.35. The van der Waals surface area contributed by atoms with Crippen LogP contribution in [0.2, 0.25) is 0 Å². The molecule has 0 aliphatic carbocycles. The molecule has 0 bridgehead atoms. The lowest BCUT2D eigenvalue weighted by atomic mass is 10.1. The van der Waals surface area contributed by atoms with Crippen molar-refractivity contribution in [3.05, 3.63) is 24.3 Å². The highest BCUT2D eigenvalue weighted by Gasteiger charge is 2.29. The Hall–Kier alpha value is -1.89. The number of anilines is 1. The highest BCUT2D eigenvalue weighted by molar-refractivity contribution is 7.87. The molecule has 1 aromatic carbocycles. The van der Waals surface area contributed by atoms with E-state index in [-0.39, 0.29) is 11.7 Å². The van der Waals surface area contributed by atoms with Crippen molar-refractivity contribution in [2.24, 2.45) is 5.92 Å². The van der Waals surface area contributed by atoms with Gasteiger partial charge < -0.3 is 15.2 Å². The van der Waals surface area contributed by atoms with Crippen LogP contribution in [-0.2, 0) is 20.4 Å². The minimum absolute atomic E-state index is 0.312. The topological polar surface area (TPSA) is 92.7 Å². The van der Waals surface area contributed by atoms with Gasteiger partial charge in [0, 0.05) is 22.6 Å². The zero-order valence-electron chi connectivity index (χ0n) is 12.2. The molecule has 2 unspecified atom stereocenters. The summed E-state index contributed by atoms with van der Waals surface area (Å²) in [5.74, 6) is -1.73. The molecule has 0 heterocycles. The summed E-state index contributed by atoms with van der Waals surface area (Å²) in [5.41, 5.74) is 0.507. The molecule has 0 saturated carbocycles. The zero-order valence-corrected chi connectivity index (χ0v) is 13.0. The Morgan fingerprint density at radius 1 is 1.38 bits per heavy atom. The van der Waals surface area contributed by atoms with Gasteiger partial charge in [-0.25, -0.2) is 0 Å². The molecule has 0 aliphatic heterocycles. The summed E-state index contributed by atoms with van der Waals surface area (Å²) in [5, 5.41) is 10.6. The molecular weight excluding hydrogens is 294 g/mol. The van der Waals surface area contributed by atoms with Crippen molar-refractivity contribution < 1.29 is 23.6 Å². The SMILES string of the molecule is COc1cccc(NC(=O)CS(=O)C(C(=O)O)C(C)C)c1. The number of hydrogen-bond acceptors (Lipinski definition) is 4. The molecule has 0 radical (unpaired) electrons. The quantitative estimate of drug-likeness (QED) is 0.795. The van der Waals surface area contributed by atoms with Crippen LogP contribution in [0.5, 0.6) is 5.75 Å². The van der Waals surface area contributed by atoms with Gasteiger partial charge in [0.15, 0.2) is 0 Å². The van der Waals surface area contributed by atoms with Gasteiger partial charge in [-0.1, -0.05) is 19.9 Å². The van der Waals surface area contributed by atoms with E-state index in [1.165, 1.54) is 7.11 Å². The van der Waals surface area contributed by atoms with Gasteiger partial charge in [-0.2, -0.15) is 0 Å². The standard InChI is InChI=1S/C14H19NO5S/c1-9(2)13(14(17)18)21(19)8-12(16)15-10-5-4-6-11(7-10)20-3/h4-7,9,13H,8H2,1-3H3,(H,15,16)(H,17,18). The zero-order chi connectivity index (χ0) is 16.0. The molecule has 1 rings (SSSR count). The maximum Gasteiger partial charge on any atom is 0.319 e. The number of ether oxygens (including phenoxy) is 1. The van der Waals surface area contributed by atoms with Crippen LogP contribution in [-0.4, -0.2) is 39.3 Å². The molecule has 0 spiro atoms. The van der Waals surface area contributed by atoms with Crippen LogP contribution in [0.1, 0.15) is 13.8 Å². The van der Waals surface area contributed by atoms with Crippen LogP contribution in [0, 0.1) is 5.92 Å². The number of carbonyl (C=O) groups excluding carboxylic acids is 1. The van der Waals surface area contributed by atoms with Crippen LogP contribution in [0.3, 0.4) is 0 Å². The van der Waals surface area contributed by atoms with Gasteiger partial charge in [0.05, 0.1) is 7.11 Å². The van der Waals surface area contributed by atoms with Crippen LogP contribution >= 0.6 is 0 Å². The van der Waals surface area contributed by atoms with Gasteiger partial charge in [-0.05, 0) is 18.1 Å². The first-order chi connectivity index (χ1) is 9.85. The molecule has 1 amide bonds. The fourth-order valence-corrected chi connectivity index (χ4v) is 3.16. The average molecular weight is 313 g/mol. The highest BCUT2D eigenvalue weighted by Crippen LogP contribution is 2.17. The molecule has 7 heteroatoms. The maximum absolute atomic E-state index is 12.0. The predicted octanol–water partition coefficient (Wildman–Crippen LogP) is 1.49. The Kier molecular flexibility index (Phi) is 6.36. The van der Waals surface area contributed by atoms with E-state index in [2.05, 4.69) is 5.32 Å². The van der Waals surface area contributed by atoms with E-state index in [1.54, 1.807) is 38.1 Å². The van der Waals surface area contributed by atoms with Gasteiger partial charge in [-0.3, -0.25) is 13.8 Å². The van der Waals surface area contributed by atoms with Crippen molar-refractivity contribution in [2.45, 2.75) is 19.1 Å². The van der Waals surface area contributed by atoms with Gasteiger partial charge in [0.2, 0.25) is 5.91 Å². The monoisotopic (exact) mass is 313 g/mol. The normalized spacial score (nSPS) is 13.5. The number of rotatable bonds is 7. The summed E-state index contributed by atoms with van der Waals surface area (Å²) in [6, 6.07) is 6.73. The lowest BCUT2D eigenvalue weighted by Gasteiger charge is -2.15. The largest absolute Gasteiger partial charge is 0.497 e. The number of aliphatic carboxylic acids is 1. The van der Waals surface area contributed by atoms with Crippen LogP contribution in [0.4, 0.5) is 5.69 Å². The molecule has 21 heavy (non-hydrogen) atoms. The third-order valence-electron chi connectivity index (χ3n) is 2.76. The Bertz CT molecular complexity index is 544. The molecular formula is C14H19NO5S. The van der Waals surface area contributed by atoms with E-state index in [9.17, 15) is 13.8 Å². The third kappa shape index (κ3) is 5.18. The number of carboxylic acids is 1. The molecule has 6 nitrogen and oxygen atoms in total. The molecule has 2 N–H and O–H groups in total. The second kappa shape index (κ2) is 7.78. The smallest absolute Gasteiger partial charge is 0.319 e. The summed E-state index contributed by atoms with van der Waals surface area (Å²) >= 11 is 0. The van der Waals surface area contributed by atoms with Crippen LogP contribution < -0.4 is 10.1 Å². The van der Waals surface area contributed by atoms with Crippen molar-refractivity contribution in [1.82, 2.24) is 0 Å². The molecule has 0 saturated heterocycles. The van der Waals surface area contributed by atoms with Gasteiger partial charge in [0.1, 0.15) is 16.8 Å². The first kappa shape index (κ1) is 17.2. The Morgan fingerprint density at radius 3 is 2.57 bits per heavy atom. The third-order valence-corrected chi connectivity index (χ3v) is 4.62. The Labute approximate surface area is 126 Å². The van der Waals surface area contributed by atoms with Gasteiger partial charge in [-0.15, -0.1) is 0 Å². The molecule has 1 aromatic rings. The van der Waals surface area contributed by atoms with E-state index in [0.29, 0.717) is 11.4 Å². The number of carbonyl (C=O) groups is 2. The summed E-state index contributed by atoms with van der Waals surface area (Å²) < 4.78 is 17.0. The average Bonchev–Trinajstić information content (AvgIpc) is 2.37. The first-order valence-corrected chi connectivity index (χ1v) is 7.77. The number of carboxylic acid groups (broad SMARTS) is 1. The lowest BCUT2D eigenvalue weighted by molar-refractivity contribution is -0.137. The van der Waals surface area contributed by atoms with Crippen LogP contribution in [0.15, 0.2) is 24.3 Å². The number of methoxy groups -OCH3 is 1. The van der Waals surface area contributed by atoms with Gasteiger partial charge >= 0.3 is 5.97 Å². The maximum atomic E-state index is 12.0. The summed E-state index contributed by atoms with van der Waals surface area (Å²) in [6.45, 7) is 3.33. The highest BCUT2D eigenvalue weighted by atomic mass is 32.2. The minimum Gasteiger partial charge on any atom is -0.497 e. The second-order valence-electron chi connectivity index (χ2n) is 4.81. The number of hydrogen-bond donors (Lipinski definition) is 2. The van der Waals surface area contributed by atoms with E-state index in [1.807, 2.05) is 0 Å². The van der Waals surface area contributed by atoms with Crippen molar-refractivity contribution in [3.63, 3.8) is 0 Å². The van der Waals surface area contributed by atoms with E-state index >= 15 is 0 Å². The Morgan fingerprint density at radius 2 is 2.05 bits per heavy atom. The van der Waals surface area contributed by atoms with Crippen molar-refractivity contribution >= 4 is 28.4 Å². The number of amides is 1. The van der Waals surface area contributed by atoms with E-state index in [0.717, 1.165) is 0 Å². The van der Waals surface area contributed by atoms with Gasteiger partial charge in [0.25, 0.3) is 0 Å². The summed E-state index contributed by atoms with van der Waals surface area (Å²) in [7, 11) is -0.262. The first-order valence-electron chi connectivity index (χ1n) is 6.39. The molecule has 0 aliphatic rings. The van der Waals surface area contributed by atoms with E-state index < -0.39 is 27.9 Å².